The van der Waals surface area contributed by atoms with Crippen LogP contribution in [0.25, 0.3) is 0 Å². The van der Waals surface area contributed by atoms with Gasteiger partial charge in [-0.1, -0.05) is 18.0 Å². The topological polar surface area (TPSA) is 75.6 Å². The number of primary amides is 1. The Hall–Kier alpha value is -1.46. The van der Waals surface area contributed by atoms with Crippen LogP contribution < -0.4 is 16.4 Å². The van der Waals surface area contributed by atoms with E-state index in [9.17, 15) is 4.79 Å². The van der Waals surface area contributed by atoms with Crippen LogP contribution in [0.4, 0.5) is 11.4 Å². The maximum atomic E-state index is 11.7. The van der Waals surface area contributed by atoms with Crippen LogP contribution in [0.1, 0.15) is 29.6 Å². The van der Waals surface area contributed by atoms with Gasteiger partial charge in [-0.05, 0) is 31.5 Å². The Balaban J connectivity index is 1.91. The van der Waals surface area contributed by atoms with Crippen molar-refractivity contribution in [2.24, 2.45) is 5.73 Å². The number of amides is 1. The monoisotopic (exact) mass is 308 g/mol. The lowest BCUT2D eigenvalue weighted by Gasteiger charge is -2.45. The zero-order valence-electron chi connectivity index (χ0n) is 12.0. The van der Waals surface area contributed by atoms with Gasteiger partial charge < -0.3 is 16.4 Å². The average Bonchev–Trinajstić information content (AvgIpc) is 2.46. The fourth-order valence-corrected chi connectivity index (χ4v) is 3.84. The smallest absolute Gasteiger partial charge is 0.250 e. The molecule has 0 radical (unpaired) electrons. The summed E-state index contributed by atoms with van der Waals surface area (Å²) in [5.41, 5.74) is 12.9. The van der Waals surface area contributed by atoms with Crippen LogP contribution in [-0.4, -0.2) is 43.0 Å². The highest BCUT2D eigenvalue weighted by Crippen LogP contribution is 2.34. The number of piperazine rings is 1. The summed E-state index contributed by atoms with van der Waals surface area (Å²) in [7, 11) is 0. The Morgan fingerprint density at radius 1 is 1.24 bits per heavy atom. The predicted octanol–water partition coefficient (Wildman–Crippen LogP) is 1.70. The molecule has 4 N–H and O–H groups in total. The molecule has 5 nitrogen and oxygen atoms in total. The van der Waals surface area contributed by atoms with Crippen LogP contribution in [0, 0.1) is 0 Å². The number of piperidine rings is 1. The minimum atomic E-state index is -0.481. The highest BCUT2D eigenvalue weighted by Gasteiger charge is 2.31. The number of nitrogen functional groups attached to an aromatic ring is 1. The molecule has 6 heteroatoms. The molecule has 2 saturated heterocycles. The Labute approximate surface area is 129 Å². The Morgan fingerprint density at radius 2 is 2.05 bits per heavy atom. The SMILES string of the molecule is NC(=O)c1cc(N)cc(Cl)c1N1CCN2CCCCC2C1. The van der Waals surface area contributed by atoms with Gasteiger partial charge in [0.15, 0.2) is 0 Å². The molecule has 0 spiro atoms. The number of hydrogen-bond acceptors (Lipinski definition) is 4. The molecule has 0 saturated carbocycles. The Kier molecular flexibility index (Phi) is 3.95. The van der Waals surface area contributed by atoms with Crippen molar-refractivity contribution in [1.29, 1.82) is 0 Å². The fourth-order valence-electron chi connectivity index (χ4n) is 3.49. The number of carbonyl (C=O) groups excluding carboxylic acids is 1. The molecular weight excluding hydrogens is 288 g/mol. The summed E-state index contributed by atoms with van der Waals surface area (Å²) in [4.78, 5) is 16.4. The molecule has 0 aliphatic carbocycles. The normalized spacial score (nSPS) is 22.9. The molecule has 1 amide bonds. The summed E-state index contributed by atoms with van der Waals surface area (Å²) in [5, 5.41) is 0.507. The van der Waals surface area contributed by atoms with Crippen molar-refractivity contribution in [2.45, 2.75) is 25.3 Å². The van der Waals surface area contributed by atoms with Gasteiger partial charge in [-0.2, -0.15) is 0 Å². The number of fused-ring (bicyclic) bond motifs is 1. The van der Waals surface area contributed by atoms with Crippen molar-refractivity contribution in [3.63, 3.8) is 0 Å². The van der Waals surface area contributed by atoms with Crippen molar-refractivity contribution >= 4 is 28.9 Å². The average molecular weight is 309 g/mol. The first-order chi connectivity index (χ1) is 10.1. The van der Waals surface area contributed by atoms with E-state index in [4.69, 9.17) is 23.1 Å². The molecule has 1 atom stereocenters. The standard InChI is InChI=1S/C15H21ClN4O/c16-13-8-10(17)7-12(15(18)21)14(13)20-6-5-19-4-2-1-3-11(19)9-20/h7-8,11H,1-6,9,17H2,(H2,18,21). The molecule has 3 rings (SSSR count). The number of nitrogens with two attached hydrogens (primary N) is 2. The molecule has 1 unspecified atom stereocenters. The van der Waals surface area contributed by atoms with Gasteiger partial charge in [0.25, 0.3) is 5.91 Å². The van der Waals surface area contributed by atoms with Crippen molar-refractivity contribution in [1.82, 2.24) is 4.90 Å². The van der Waals surface area contributed by atoms with Crippen LogP contribution >= 0.6 is 11.6 Å². The summed E-state index contributed by atoms with van der Waals surface area (Å²) < 4.78 is 0. The van der Waals surface area contributed by atoms with E-state index in [1.54, 1.807) is 12.1 Å². The number of benzene rings is 1. The molecule has 2 heterocycles. The van der Waals surface area contributed by atoms with Crippen LogP contribution in [0.3, 0.4) is 0 Å². The van der Waals surface area contributed by atoms with Gasteiger partial charge in [0.2, 0.25) is 0 Å². The van der Waals surface area contributed by atoms with E-state index in [1.807, 2.05) is 0 Å². The number of hydrogen-bond donors (Lipinski definition) is 2. The van der Waals surface area contributed by atoms with Crippen molar-refractivity contribution in [3.8, 4) is 0 Å². The van der Waals surface area contributed by atoms with Crippen LogP contribution in [0.5, 0.6) is 0 Å². The van der Waals surface area contributed by atoms with E-state index in [2.05, 4.69) is 9.80 Å². The summed E-state index contributed by atoms with van der Waals surface area (Å²) in [6.07, 6.45) is 3.76. The lowest BCUT2D eigenvalue weighted by atomic mass is 9.98. The van der Waals surface area contributed by atoms with Crippen LogP contribution in [-0.2, 0) is 0 Å². The first-order valence-corrected chi connectivity index (χ1v) is 7.82. The molecule has 1 aromatic rings. The quantitative estimate of drug-likeness (QED) is 0.815. The number of anilines is 2. The molecule has 0 bridgehead atoms. The lowest BCUT2D eigenvalue weighted by Crippen LogP contribution is -2.55. The van der Waals surface area contributed by atoms with Gasteiger partial charge in [-0.3, -0.25) is 9.69 Å². The molecular formula is C15H21ClN4O. The second-order valence-electron chi connectivity index (χ2n) is 5.89. The third kappa shape index (κ3) is 2.80. The number of carbonyl (C=O) groups is 1. The van der Waals surface area contributed by atoms with Gasteiger partial charge in [0, 0.05) is 31.4 Å². The maximum absolute atomic E-state index is 11.7. The molecule has 2 fully saturated rings. The third-order valence-electron chi connectivity index (χ3n) is 4.50. The first-order valence-electron chi connectivity index (χ1n) is 7.44. The highest BCUT2D eigenvalue weighted by molar-refractivity contribution is 6.34. The second-order valence-corrected chi connectivity index (χ2v) is 6.30. The summed E-state index contributed by atoms with van der Waals surface area (Å²) >= 11 is 6.34. The van der Waals surface area contributed by atoms with Gasteiger partial charge in [-0.25, -0.2) is 0 Å². The van der Waals surface area contributed by atoms with E-state index in [0.29, 0.717) is 22.3 Å². The number of nitrogens with zero attached hydrogens (tertiary/aromatic N) is 2. The van der Waals surface area contributed by atoms with Gasteiger partial charge in [-0.15, -0.1) is 0 Å². The predicted molar refractivity (Wildman–Crippen MR) is 85.8 cm³/mol. The van der Waals surface area contributed by atoms with E-state index < -0.39 is 5.91 Å². The maximum Gasteiger partial charge on any atom is 0.250 e. The van der Waals surface area contributed by atoms with Crippen LogP contribution in [0.2, 0.25) is 5.02 Å². The molecule has 1 aromatic carbocycles. The summed E-state index contributed by atoms with van der Waals surface area (Å²) in [6.45, 7) is 3.94. The molecule has 2 aliphatic rings. The zero-order valence-corrected chi connectivity index (χ0v) is 12.8. The molecule has 114 valence electrons. The number of halogens is 1. The van der Waals surface area contributed by atoms with E-state index in [0.717, 1.165) is 25.3 Å². The fraction of sp³-hybridized carbons (Fsp3) is 0.533. The minimum Gasteiger partial charge on any atom is -0.399 e. The highest BCUT2D eigenvalue weighted by atomic mass is 35.5. The van der Waals surface area contributed by atoms with Gasteiger partial charge >= 0.3 is 0 Å². The number of rotatable bonds is 2. The lowest BCUT2D eigenvalue weighted by molar-refractivity contribution is 0.0999. The minimum absolute atomic E-state index is 0.421. The Morgan fingerprint density at radius 3 is 2.81 bits per heavy atom. The molecule has 2 aliphatic heterocycles. The van der Waals surface area contributed by atoms with Gasteiger partial charge in [0.05, 0.1) is 16.3 Å². The third-order valence-corrected chi connectivity index (χ3v) is 4.79. The van der Waals surface area contributed by atoms with Crippen molar-refractivity contribution in [3.05, 3.63) is 22.7 Å². The van der Waals surface area contributed by atoms with E-state index in [1.165, 1.54) is 25.8 Å². The largest absolute Gasteiger partial charge is 0.399 e. The van der Waals surface area contributed by atoms with Gasteiger partial charge in [0.1, 0.15) is 0 Å². The molecule has 0 aromatic heterocycles. The van der Waals surface area contributed by atoms with Crippen molar-refractivity contribution < 1.29 is 4.79 Å². The Bertz CT molecular complexity index is 563. The summed E-state index contributed by atoms with van der Waals surface area (Å²) in [5.74, 6) is -0.481. The summed E-state index contributed by atoms with van der Waals surface area (Å²) in [6, 6.07) is 3.86. The van der Waals surface area contributed by atoms with E-state index in [-0.39, 0.29) is 0 Å². The zero-order chi connectivity index (χ0) is 15.0. The second kappa shape index (κ2) is 5.73. The molecule has 21 heavy (non-hydrogen) atoms. The van der Waals surface area contributed by atoms with E-state index >= 15 is 0 Å². The van der Waals surface area contributed by atoms with Crippen molar-refractivity contribution in [2.75, 3.05) is 36.8 Å². The van der Waals surface area contributed by atoms with Crippen LogP contribution in [0.15, 0.2) is 12.1 Å². The first kappa shape index (κ1) is 14.5.